The van der Waals surface area contributed by atoms with E-state index in [0.29, 0.717) is 29.4 Å². The van der Waals surface area contributed by atoms with Gasteiger partial charge in [-0.25, -0.2) is 0 Å². The highest BCUT2D eigenvalue weighted by Gasteiger charge is 2.15. The third kappa shape index (κ3) is 4.39. The van der Waals surface area contributed by atoms with Gasteiger partial charge in [0.1, 0.15) is 12.4 Å². The van der Waals surface area contributed by atoms with Crippen molar-refractivity contribution in [1.29, 1.82) is 0 Å². The lowest BCUT2D eigenvalue weighted by atomic mass is 10.1. The topological polar surface area (TPSA) is 35.5 Å². The number of ketones is 1. The summed E-state index contributed by atoms with van der Waals surface area (Å²) < 4.78 is 13.0. The van der Waals surface area contributed by atoms with Crippen LogP contribution in [0.15, 0.2) is 37.0 Å². The first-order valence-corrected chi connectivity index (χ1v) is 9.13. The molecule has 1 aromatic heterocycles. The Bertz CT molecular complexity index is 635. The summed E-state index contributed by atoms with van der Waals surface area (Å²) in [6.07, 6.45) is 0. The third-order valence-corrected chi connectivity index (χ3v) is 6.48. The van der Waals surface area contributed by atoms with Gasteiger partial charge < -0.3 is 9.47 Å². The molecule has 0 spiro atoms. The Morgan fingerprint density at radius 3 is 2.48 bits per heavy atom. The number of benzene rings is 1. The van der Waals surface area contributed by atoms with E-state index in [9.17, 15) is 4.79 Å². The first kappa shape index (κ1) is 17.1. The minimum atomic E-state index is -0.0180. The number of thiophene rings is 1. The highest BCUT2D eigenvalue weighted by atomic mass is 79.9. The van der Waals surface area contributed by atoms with Gasteiger partial charge >= 0.3 is 0 Å². The van der Waals surface area contributed by atoms with Crippen LogP contribution >= 0.6 is 59.1 Å². The first-order chi connectivity index (χ1) is 10.0. The third-order valence-electron chi connectivity index (χ3n) is 2.61. The monoisotopic (exact) mass is 496 g/mol. The predicted octanol–water partition coefficient (Wildman–Crippen LogP) is 5.29. The van der Waals surface area contributed by atoms with Crippen LogP contribution in [-0.4, -0.2) is 26.1 Å². The van der Waals surface area contributed by atoms with Crippen LogP contribution in [0.4, 0.5) is 0 Å². The molecular weight excluding hydrogens is 488 g/mol. The highest BCUT2D eigenvalue weighted by Crippen LogP contribution is 2.34. The zero-order valence-corrected chi connectivity index (χ0v) is 16.6. The molecular formula is C14H11Br3O3S. The second-order valence-corrected chi connectivity index (χ2v) is 8.13. The lowest BCUT2D eigenvalue weighted by Crippen LogP contribution is -2.05. The Morgan fingerprint density at radius 1 is 1.14 bits per heavy atom. The normalized spacial score (nSPS) is 10.7. The van der Waals surface area contributed by atoms with E-state index >= 15 is 0 Å². The lowest BCUT2D eigenvalue weighted by Gasteiger charge is -2.08. The Balaban J connectivity index is 2.17. The summed E-state index contributed by atoms with van der Waals surface area (Å²) in [6.45, 7) is 0.984. The van der Waals surface area contributed by atoms with E-state index in [4.69, 9.17) is 9.47 Å². The maximum atomic E-state index is 12.4. The summed E-state index contributed by atoms with van der Waals surface area (Å²) in [5.74, 6) is 0.674. The summed E-state index contributed by atoms with van der Waals surface area (Å²) >= 11 is 11.6. The second-order valence-electron chi connectivity index (χ2n) is 4.05. The molecule has 0 aliphatic heterocycles. The molecule has 0 aliphatic carbocycles. The van der Waals surface area contributed by atoms with E-state index in [0.717, 1.165) is 12.7 Å². The van der Waals surface area contributed by atoms with Gasteiger partial charge in [-0.2, -0.15) is 0 Å². The van der Waals surface area contributed by atoms with Crippen LogP contribution in [0.25, 0.3) is 0 Å². The van der Waals surface area contributed by atoms with E-state index in [1.165, 1.54) is 11.3 Å². The van der Waals surface area contributed by atoms with Crippen LogP contribution < -0.4 is 4.74 Å². The molecule has 0 atom stereocenters. The van der Waals surface area contributed by atoms with Gasteiger partial charge in [0.15, 0.2) is 0 Å². The first-order valence-electron chi connectivity index (χ1n) is 5.93. The molecule has 0 radical (unpaired) electrons. The Labute approximate surface area is 152 Å². The van der Waals surface area contributed by atoms with Crippen LogP contribution in [0.3, 0.4) is 0 Å². The number of rotatable bonds is 6. The number of carbonyl (C=O) groups excluding carboxylic acids is 1. The van der Waals surface area contributed by atoms with Gasteiger partial charge in [0.25, 0.3) is 0 Å². The smallest absolute Gasteiger partial charge is 0.203 e. The van der Waals surface area contributed by atoms with Crippen LogP contribution in [0, 0.1) is 0 Å². The second kappa shape index (κ2) is 7.87. The van der Waals surface area contributed by atoms with Crippen LogP contribution in [0.2, 0.25) is 0 Å². The number of methoxy groups -OCH3 is 1. The summed E-state index contributed by atoms with van der Waals surface area (Å²) in [7, 11) is 1.62. The maximum Gasteiger partial charge on any atom is 0.203 e. The minimum Gasteiger partial charge on any atom is -0.490 e. The average molecular weight is 499 g/mol. The summed E-state index contributed by atoms with van der Waals surface area (Å²) in [5, 5.41) is 0. The molecule has 0 aliphatic rings. The molecule has 0 amide bonds. The summed E-state index contributed by atoms with van der Waals surface area (Å²) in [6, 6.07) is 7.13. The molecule has 3 nitrogen and oxygen atoms in total. The van der Waals surface area contributed by atoms with Crippen molar-refractivity contribution in [3.05, 3.63) is 47.4 Å². The van der Waals surface area contributed by atoms with Crippen molar-refractivity contribution in [2.24, 2.45) is 0 Å². The molecule has 0 saturated carbocycles. The molecule has 0 bridgehead atoms. The van der Waals surface area contributed by atoms with Gasteiger partial charge in [0.05, 0.1) is 19.7 Å². The molecule has 21 heavy (non-hydrogen) atoms. The van der Waals surface area contributed by atoms with Gasteiger partial charge in [0, 0.05) is 17.1 Å². The van der Waals surface area contributed by atoms with E-state index in [1.54, 1.807) is 25.3 Å². The van der Waals surface area contributed by atoms with Gasteiger partial charge in [-0.3, -0.25) is 4.79 Å². The number of halogens is 3. The van der Waals surface area contributed by atoms with Crippen molar-refractivity contribution in [3.63, 3.8) is 0 Å². The van der Waals surface area contributed by atoms with E-state index < -0.39 is 0 Å². The largest absolute Gasteiger partial charge is 0.490 e. The molecule has 0 saturated heterocycles. The molecule has 1 aromatic carbocycles. The van der Waals surface area contributed by atoms with Gasteiger partial charge in [-0.1, -0.05) is 0 Å². The van der Waals surface area contributed by atoms with Crippen molar-refractivity contribution in [3.8, 4) is 5.75 Å². The van der Waals surface area contributed by atoms with Crippen LogP contribution in [0.1, 0.15) is 15.2 Å². The zero-order valence-electron chi connectivity index (χ0n) is 11.0. The maximum absolute atomic E-state index is 12.4. The van der Waals surface area contributed by atoms with Crippen LogP contribution in [0.5, 0.6) is 5.75 Å². The Hall–Kier alpha value is -0.210. The van der Waals surface area contributed by atoms with Crippen LogP contribution in [-0.2, 0) is 4.74 Å². The van der Waals surface area contributed by atoms with E-state index in [1.807, 2.05) is 6.07 Å². The number of carbonyl (C=O) groups is 1. The molecule has 0 fully saturated rings. The number of hydrogen-bond donors (Lipinski definition) is 0. The molecule has 7 heteroatoms. The number of hydrogen-bond acceptors (Lipinski definition) is 4. The molecule has 2 aromatic rings. The highest BCUT2D eigenvalue weighted by molar-refractivity contribution is 9.13. The number of ether oxygens (including phenoxy) is 2. The summed E-state index contributed by atoms with van der Waals surface area (Å²) in [4.78, 5) is 13.1. The fourth-order valence-corrected chi connectivity index (χ4v) is 4.09. The predicted molar refractivity (Wildman–Crippen MR) is 94.7 cm³/mol. The standard InChI is InChI=1S/C14H11Br3O3S/c1-19-4-5-20-11-3-2-8(6-9(11)15)13(18)12-7-10(16)14(17)21-12/h2-3,6-7H,4-5H2,1H3. The van der Waals surface area contributed by atoms with Gasteiger partial charge in [0.2, 0.25) is 5.78 Å². The molecule has 1 heterocycles. The van der Waals surface area contributed by atoms with E-state index in [2.05, 4.69) is 47.8 Å². The molecule has 2 rings (SSSR count). The van der Waals surface area contributed by atoms with Crippen molar-refractivity contribution < 1.29 is 14.3 Å². The average Bonchev–Trinajstić information content (AvgIpc) is 2.80. The Morgan fingerprint density at radius 2 is 1.90 bits per heavy atom. The van der Waals surface area contributed by atoms with Crippen molar-refractivity contribution >= 4 is 64.9 Å². The fourth-order valence-electron chi connectivity index (χ4n) is 1.59. The molecule has 0 N–H and O–H groups in total. The minimum absolute atomic E-state index is 0.0180. The van der Waals surface area contributed by atoms with Gasteiger partial charge in [-0.15, -0.1) is 11.3 Å². The molecule has 112 valence electrons. The van der Waals surface area contributed by atoms with E-state index in [-0.39, 0.29) is 5.78 Å². The van der Waals surface area contributed by atoms with Crippen molar-refractivity contribution in [1.82, 2.24) is 0 Å². The fraction of sp³-hybridized carbons (Fsp3) is 0.214. The van der Waals surface area contributed by atoms with Crippen molar-refractivity contribution in [2.45, 2.75) is 0 Å². The van der Waals surface area contributed by atoms with Crippen molar-refractivity contribution in [2.75, 3.05) is 20.3 Å². The molecule has 0 unspecified atom stereocenters. The quantitative estimate of drug-likeness (QED) is 0.401. The van der Waals surface area contributed by atoms with Gasteiger partial charge in [-0.05, 0) is 72.1 Å². The SMILES string of the molecule is COCCOc1ccc(C(=O)c2cc(Br)c(Br)s2)cc1Br. The summed E-state index contributed by atoms with van der Waals surface area (Å²) in [5.41, 5.74) is 0.613. The zero-order chi connectivity index (χ0) is 15.4. The Kier molecular flexibility index (Phi) is 6.43. The lowest BCUT2D eigenvalue weighted by molar-refractivity contribution is 0.104.